The van der Waals surface area contributed by atoms with Gasteiger partial charge in [-0.1, -0.05) is 6.92 Å². The van der Waals surface area contributed by atoms with Gasteiger partial charge in [0.25, 0.3) is 0 Å². The number of aliphatic hydroxyl groups is 1. The molecule has 0 spiro atoms. The van der Waals surface area contributed by atoms with Crippen LogP contribution in [0.5, 0.6) is 0 Å². The lowest BCUT2D eigenvalue weighted by Gasteiger charge is -2.10. The van der Waals surface area contributed by atoms with Gasteiger partial charge in [-0.3, -0.25) is 0 Å². The van der Waals surface area contributed by atoms with Gasteiger partial charge in [-0.15, -0.1) is 0 Å². The second-order valence-electron chi connectivity index (χ2n) is 2.48. The molecule has 4 nitrogen and oxygen atoms in total. The fraction of sp³-hybridized carbons (Fsp3) is 0.857. The average Bonchev–Trinajstić information content (AvgIpc) is 2.32. The topological polar surface area (TPSA) is 55.8 Å². The van der Waals surface area contributed by atoms with E-state index in [2.05, 4.69) is 0 Å². The van der Waals surface area contributed by atoms with E-state index >= 15 is 0 Å². The third-order valence-electron chi connectivity index (χ3n) is 1.73. The number of carbonyl (C=O) groups is 1. The predicted molar refractivity (Wildman–Crippen MR) is 37.1 cm³/mol. The summed E-state index contributed by atoms with van der Waals surface area (Å²) in [6.07, 6.45) is 0.156. The van der Waals surface area contributed by atoms with E-state index in [0.29, 0.717) is 6.42 Å². The molecule has 1 heterocycles. The number of carbonyl (C=O) groups excluding carboxylic acids is 1. The van der Waals surface area contributed by atoms with Crippen molar-refractivity contribution < 1.29 is 19.4 Å². The summed E-state index contributed by atoms with van der Waals surface area (Å²) >= 11 is 0. The summed E-state index contributed by atoms with van der Waals surface area (Å²) in [5.74, 6) is 0. The van der Waals surface area contributed by atoms with Gasteiger partial charge in [-0.25, -0.2) is 4.79 Å². The molecule has 0 unspecified atom stereocenters. The smallest absolute Gasteiger partial charge is 0.427 e. The molecule has 11 heavy (non-hydrogen) atoms. The van der Waals surface area contributed by atoms with Crippen LogP contribution < -0.4 is 0 Å². The molecule has 4 heteroatoms. The lowest BCUT2D eigenvalue weighted by molar-refractivity contribution is 0.109. The maximum Gasteiger partial charge on any atom is 0.509 e. The van der Waals surface area contributed by atoms with Crippen molar-refractivity contribution in [1.29, 1.82) is 0 Å². The number of hydrogen-bond donors (Lipinski definition) is 1. The number of ether oxygens (including phenoxy) is 2. The largest absolute Gasteiger partial charge is 0.509 e. The van der Waals surface area contributed by atoms with Crippen molar-refractivity contribution in [3.05, 3.63) is 0 Å². The van der Waals surface area contributed by atoms with E-state index in [0.717, 1.165) is 6.42 Å². The molecule has 1 aliphatic heterocycles. The van der Waals surface area contributed by atoms with Crippen molar-refractivity contribution in [3.63, 3.8) is 0 Å². The van der Waals surface area contributed by atoms with E-state index in [9.17, 15) is 4.79 Å². The summed E-state index contributed by atoms with van der Waals surface area (Å²) in [6.45, 7) is 1.94. The first-order valence-corrected chi connectivity index (χ1v) is 3.76. The van der Waals surface area contributed by atoms with Crippen molar-refractivity contribution in [2.24, 2.45) is 0 Å². The van der Waals surface area contributed by atoms with Gasteiger partial charge in [0.1, 0.15) is 12.2 Å². The van der Waals surface area contributed by atoms with Gasteiger partial charge in [-0.05, 0) is 6.42 Å². The molecule has 0 saturated carbocycles. The molecule has 1 aliphatic rings. The molecule has 0 radical (unpaired) electrons. The first kappa shape index (κ1) is 8.33. The van der Waals surface area contributed by atoms with E-state index in [1.54, 1.807) is 0 Å². The van der Waals surface area contributed by atoms with E-state index in [-0.39, 0.29) is 18.8 Å². The Labute approximate surface area is 65.1 Å². The maximum atomic E-state index is 10.6. The van der Waals surface area contributed by atoms with Crippen LogP contribution in [0, 0.1) is 0 Å². The number of cyclic esters (lactones) is 2. The van der Waals surface area contributed by atoms with E-state index in [4.69, 9.17) is 14.6 Å². The monoisotopic (exact) mass is 160 g/mol. The van der Waals surface area contributed by atoms with Gasteiger partial charge in [0.15, 0.2) is 0 Å². The van der Waals surface area contributed by atoms with Crippen molar-refractivity contribution >= 4 is 6.16 Å². The Hall–Kier alpha value is -0.770. The molecule has 0 amide bonds. The number of hydrogen-bond acceptors (Lipinski definition) is 4. The molecule has 0 bridgehead atoms. The Kier molecular flexibility index (Phi) is 2.70. The highest BCUT2D eigenvalue weighted by Crippen LogP contribution is 2.19. The molecule has 2 atom stereocenters. The van der Waals surface area contributed by atoms with Crippen LogP contribution in [0.15, 0.2) is 0 Å². The Bertz CT molecular complexity index is 145. The summed E-state index contributed by atoms with van der Waals surface area (Å²) in [4.78, 5) is 10.6. The van der Waals surface area contributed by atoms with Gasteiger partial charge >= 0.3 is 6.16 Å². The van der Waals surface area contributed by atoms with Crippen molar-refractivity contribution in [3.8, 4) is 0 Å². The number of aliphatic hydroxyl groups excluding tert-OH is 1. The zero-order chi connectivity index (χ0) is 8.27. The van der Waals surface area contributed by atoms with Gasteiger partial charge in [0, 0.05) is 13.0 Å². The van der Waals surface area contributed by atoms with Gasteiger partial charge in [0.2, 0.25) is 0 Å². The minimum absolute atomic E-state index is 0.0256. The summed E-state index contributed by atoms with van der Waals surface area (Å²) < 4.78 is 9.59. The molecule has 64 valence electrons. The third kappa shape index (κ3) is 1.83. The molecule has 0 aliphatic carbocycles. The molecule has 1 rings (SSSR count). The van der Waals surface area contributed by atoms with Crippen LogP contribution >= 0.6 is 0 Å². The Balaban J connectivity index is 2.43. The van der Waals surface area contributed by atoms with Crippen molar-refractivity contribution in [2.45, 2.75) is 32.0 Å². The summed E-state index contributed by atoms with van der Waals surface area (Å²) in [6, 6.07) is 0. The molecule has 0 aromatic carbocycles. The van der Waals surface area contributed by atoms with Crippen molar-refractivity contribution in [1.82, 2.24) is 0 Å². The number of rotatable bonds is 3. The third-order valence-corrected chi connectivity index (χ3v) is 1.73. The Morgan fingerprint density at radius 3 is 2.64 bits per heavy atom. The normalized spacial score (nSPS) is 29.8. The van der Waals surface area contributed by atoms with Crippen molar-refractivity contribution in [2.75, 3.05) is 6.61 Å². The molecule has 1 N–H and O–H groups in total. The van der Waals surface area contributed by atoms with Gasteiger partial charge in [-0.2, -0.15) is 0 Å². The van der Waals surface area contributed by atoms with Gasteiger partial charge in [0.05, 0.1) is 0 Å². The van der Waals surface area contributed by atoms with E-state index < -0.39 is 6.16 Å². The van der Waals surface area contributed by atoms with Crippen LogP contribution in [0.3, 0.4) is 0 Å². The quantitative estimate of drug-likeness (QED) is 0.617. The Morgan fingerprint density at radius 1 is 1.45 bits per heavy atom. The maximum absolute atomic E-state index is 10.6. The highest BCUT2D eigenvalue weighted by atomic mass is 16.8. The first-order valence-electron chi connectivity index (χ1n) is 3.76. The van der Waals surface area contributed by atoms with Crippen LogP contribution in [-0.4, -0.2) is 30.1 Å². The minimum Gasteiger partial charge on any atom is -0.427 e. The van der Waals surface area contributed by atoms with Crippen LogP contribution in [0.1, 0.15) is 19.8 Å². The van der Waals surface area contributed by atoms with Crippen LogP contribution in [0.2, 0.25) is 0 Å². The minimum atomic E-state index is -0.615. The second-order valence-corrected chi connectivity index (χ2v) is 2.48. The lowest BCUT2D eigenvalue weighted by atomic mass is 10.1. The molecule has 0 aromatic rings. The van der Waals surface area contributed by atoms with Crippen LogP contribution in [0.25, 0.3) is 0 Å². The highest BCUT2D eigenvalue weighted by molar-refractivity contribution is 5.62. The molecular formula is C7H12O4. The average molecular weight is 160 g/mol. The molecule has 0 aromatic heterocycles. The highest BCUT2D eigenvalue weighted by Gasteiger charge is 2.34. The standard InChI is InChI=1S/C7H12O4/c1-2-5-6(3-4-8)11-7(9)10-5/h5-6,8H,2-4H2,1H3/t5-,6-/m0/s1. The van der Waals surface area contributed by atoms with Gasteiger partial charge < -0.3 is 14.6 Å². The fourth-order valence-corrected chi connectivity index (χ4v) is 1.15. The molecule has 1 fully saturated rings. The zero-order valence-electron chi connectivity index (χ0n) is 6.45. The molecule has 1 saturated heterocycles. The van der Waals surface area contributed by atoms with E-state index in [1.807, 2.05) is 6.92 Å². The molecular weight excluding hydrogens is 148 g/mol. The SMILES string of the molecule is CC[C@@H]1OC(=O)O[C@H]1CCO. The van der Waals surface area contributed by atoms with E-state index in [1.165, 1.54) is 0 Å². The van der Waals surface area contributed by atoms with Crippen LogP contribution in [0.4, 0.5) is 4.79 Å². The zero-order valence-corrected chi connectivity index (χ0v) is 6.45. The first-order chi connectivity index (χ1) is 5.27. The lowest BCUT2D eigenvalue weighted by Crippen LogP contribution is -2.22. The summed E-state index contributed by atoms with van der Waals surface area (Å²) in [5.41, 5.74) is 0. The van der Waals surface area contributed by atoms with Crippen LogP contribution in [-0.2, 0) is 9.47 Å². The summed E-state index contributed by atoms with van der Waals surface area (Å²) in [7, 11) is 0. The predicted octanol–water partition coefficient (Wildman–Crippen LogP) is 0.683. The Morgan fingerprint density at radius 2 is 2.09 bits per heavy atom. The summed E-state index contributed by atoms with van der Waals surface area (Å²) in [5, 5.41) is 8.58. The second kappa shape index (κ2) is 3.57. The fourth-order valence-electron chi connectivity index (χ4n) is 1.15.